The first-order valence-electron chi connectivity index (χ1n) is 4.49. The summed E-state index contributed by atoms with van der Waals surface area (Å²) in [7, 11) is -3.27. The molecular formula is C7H16N2O3S. The van der Waals surface area contributed by atoms with Crippen molar-refractivity contribution < 1.29 is 13.5 Å². The lowest BCUT2D eigenvalue weighted by atomic mass is 10.4. The van der Waals surface area contributed by atoms with E-state index in [0.29, 0.717) is 19.6 Å². The van der Waals surface area contributed by atoms with E-state index < -0.39 is 10.2 Å². The Morgan fingerprint density at radius 2 is 1.92 bits per heavy atom. The van der Waals surface area contributed by atoms with Gasteiger partial charge in [0.15, 0.2) is 0 Å². The molecule has 0 amide bonds. The van der Waals surface area contributed by atoms with Gasteiger partial charge < -0.3 is 5.11 Å². The quantitative estimate of drug-likeness (QED) is 0.664. The second kappa shape index (κ2) is 4.36. The van der Waals surface area contributed by atoms with Crippen LogP contribution in [0.5, 0.6) is 0 Å². The summed E-state index contributed by atoms with van der Waals surface area (Å²) in [5.74, 6) is 0. The summed E-state index contributed by atoms with van der Waals surface area (Å²) in [4.78, 5) is 0. The van der Waals surface area contributed by atoms with E-state index in [1.807, 2.05) is 6.92 Å². The molecule has 1 N–H and O–H groups in total. The molecule has 0 saturated carbocycles. The normalized spacial score (nSPS) is 24.8. The van der Waals surface area contributed by atoms with Crippen LogP contribution in [0.4, 0.5) is 0 Å². The Labute approximate surface area is 79.1 Å². The highest BCUT2D eigenvalue weighted by Gasteiger charge is 2.31. The molecule has 13 heavy (non-hydrogen) atoms. The van der Waals surface area contributed by atoms with Crippen molar-refractivity contribution in [1.82, 2.24) is 8.61 Å². The van der Waals surface area contributed by atoms with Crippen LogP contribution in [-0.2, 0) is 10.2 Å². The van der Waals surface area contributed by atoms with Crippen LogP contribution in [0.3, 0.4) is 0 Å². The lowest BCUT2D eigenvalue weighted by molar-refractivity contribution is 0.226. The summed E-state index contributed by atoms with van der Waals surface area (Å²) in [5, 5.41) is 8.69. The summed E-state index contributed by atoms with van der Waals surface area (Å²) >= 11 is 0. The fraction of sp³-hybridized carbons (Fsp3) is 1.00. The van der Waals surface area contributed by atoms with Gasteiger partial charge in [0.1, 0.15) is 0 Å². The number of nitrogens with zero attached hydrogens (tertiary/aromatic N) is 2. The summed E-state index contributed by atoms with van der Waals surface area (Å²) in [6.45, 7) is 3.54. The molecule has 0 aromatic carbocycles. The van der Waals surface area contributed by atoms with Crippen molar-refractivity contribution >= 4 is 10.2 Å². The molecule has 0 radical (unpaired) electrons. The van der Waals surface area contributed by atoms with Crippen LogP contribution in [0, 0.1) is 0 Å². The third kappa shape index (κ3) is 2.19. The lowest BCUT2D eigenvalue weighted by Crippen LogP contribution is -2.50. The van der Waals surface area contributed by atoms with Crippen molar-refractivity contribution in [2.75, 3.05) is 32.8 Å². The van der Waals surface area contributed by atoms with Crippen LogP contribution < -0.4 is 0 Å². The number of rotatable bonds is 3. The fourth-order valence-corrected chi connectivity index (χ4v) is 3.16. The second-order valence-electron chi connectivity index (χ2n) is 2.98. The van der Waals surface area contributed by atoms with Crippen LogP contribution >= 0.6 is 0 Å². The number of aliphatic hydroxyl groups is 1. The maximum Gasteiger partial charge on any atom is 0.282 e. The maximum atomic E-state index is 11.7. The van der Waals surface area contributed by atoms with Gasteiger partial charge in [-0.05, 0) is 6.42 Å². The van der Waals surface area contributed by atoms with Crippen LogP contribution in [0.1, 0.15) is 13.3 Å². The zero-order chi connectivity index (χ0) is 9.90. The van der Waals surface area contributed by atoms with E-state index >= 15 is 0 Å². The maximum absolute atomic E-state index is 11.7. The van der Waals surface area contributed by atoms with Gasteiger partial charge in [0.05, 0.1) is 6.61 Å². The van der Waals surface area contributed by atoms with Crippen molar-refractivity contribution in [3.05, 3.63) is 0 Å². The highest BCUT2D eigenvalue weighted by molar-refractivity contribution is 7.86. The van der Waals surface area contributed by atoms with Gasteiger partial charge in [0.25, 0.3) is 10.2 Å². The van der Waals surface area contributed by atoms with Gasteiger partial charge in [-0.3, -0.25) is 0 Å². The zero-order valence-electron chi connectivity index (χ0n) is 7.81. The minimum Gasteiger partial charge on any atom is -0.395 e. The standard InChI is InChI=1S/C7H16N2O3S/c1-2-8-4-3-5-9(6-7-10)13(8,11)12/h10H,2-7H2,1H3. The zero-order valence-corrected chi connectivity index (χ0v) is 8.63. The summed E-state index contributed by atoms with van der Waals surface area (Å²) in [5.41, 5.74) is 0. The molecular weight excluding hydrogens is 192 g/mol. The Morgan fingerprint density at radius 3 is 2.46 bits per heavy atom. The molecule has 78 valence electrons. The van der Waals surface area contributed by atoms with Crippen LogP contribution in [-0.4, -0.2) is 54.9 Å². The average Bonchev–Trinajstić information content (AvgIpc) is 2.08. The van der Waals surface area contributed by atoms with Crippen LogP contribution in [0.25, 0.3) is 0 Å². The molecule has 0 atom stereocenters. The van der Waals surface area contributed by atoms with Crippen molar-refractivity contribution in [1.29, 1.82) is 0 Å². The van der Waals surface area contributed by atoms with E-state index in [-0.39, 0.29) is 13.2 Å². The predicted octanol–water partition coefficient (Wildman–Crippen LogP) is -0.749. The molecule has 6 heteroatoms. The van der Waals surface area contributed by atoms with E-state index in [1.54, 1.807) is 0 Å². The van der Waals surface area contributed by atoms with Gasteiger partial charge in [-0.15, -0.1) is 0 Å². The summed E-state index contributed by atoms with van der Waals surface area (Å²) in [6, 6.07) is 0. The molecule has 1 rings (SSSR count). The van der Waals surface area contributed by atoms with Crippen molar-refractivity contribution in [2.45, 2.75) is 13.3 Å². The molecule has 0 bridgehead atoms. The van der Waals surface area contributed by atoms with E-state index in [9.17, 15) is 8.42 Å². The first kappa shape index (κ1) is 10.9. The van der Waals surface area contributed by atoms with Gasteiger partial charge >= 0.3 is 0 Å². The van der Waals surface area contributed by atoms with E-state index in [0.717, 1.165) is 6.42 Å². The van der Waals surface area contributed by atoms with Crippen molar-refractivity contribution in [3.8, 4) is 0 Å². The highest BCUT2D eigenvalue weighted by Crippen LogP contribution is 2.14. The molecule has 0 spiro atoms. The molecule has 5 nitrogen and oxygen atoms in total. The minimum absolute atomic E-state index is 0.114. The Hall–Kier alpha value is -0.170. The third-order valence-corrected chi connectivity index (χ3v) is 4.28. The summed E-state index contributed by atoms with van der Waals surface area (Å²) in [6.07, 6.45) is 0.840. The van der Waals surface area contributed by atoms with Crippen LogP contribution in [0.2, 0.25) is 0 Å². The first-order valence-corrected chi connectivity index (χ1v) is 5.88. The molecule has 0 aromatic rings. The Kier molecular flexibility index (Phi) is 3.66. The van der Waals surface area contributed by atoms with Crippen LogP contribution in [0.15, 0.2) is 0 Å². The molecule has 1 fully saturated rings. The van der Waals surface area contributed by atoms with E-state index in [4.69, 9.17) is 5.11 Å². The Bertz CT molecular complexity index is 250. The highest BCUT2D eigenvalue weighted by atomic mass is 32.2. The van der Waals surface area contributed by atoms with Gasteiger partial charge in [-0.2, -0.15) is 17.0 Å². The molecule has 1 aliphatic rings. The molecule has 0 aromatic heterocycles. The molecule has 0 aliphatic carbocycles. The topological polar surface area (TPSA) is 60.9 Å². The Balaban J connectivity index is 2.75. The van der Waals surface area contributed by atoms with Gasteiger partial charge in [-0.1, -0.05) is 6.92 Å². The molecule has 0 unspecified atom stereocenters. The molecule has 1 heterocycles. The third-order valence-electron chi connectivity index (χ3n) is 2.17. The monoisotopic (exact) mass is 208 g/mol. The largest absolute Gasteiger partial charge is 0.395 e. The number of aliphatic hydroxyl groups excluding tert-OH is 1. The second-order valence-corrected chi connectivity index (χ2v) is 4.90. The number of hydrogen-bond donors (Lipinski definition) is 1. The van der Waals surface area contributed by atoms with Crippen molar-refractivity contribution in [3.63, 3.8) is 0 Å². The molecule has 1 saturated heterocycles. The van der Waals surface area contributed by atoms with Gasteiger partial charge in [0.2, 0.25) is 0 Å². The van der Waals surface area contributed by atoms with E-state index in [2.05, 4.69) is 0 Å². The fourth-order valence-electron chi connectivity index (χ4n) is 1.48. The van der Waals surface area contributed by atoms with Crippen molar-refractivity contribution in [2.24, 2.45) is 0 Å². The predicted molar refractivity (Wildman–Crippen MR) is 49.4 cm³/mol. The number of β-amino-alcohol motifs (C(OH)–C–C–N with tert-alkyl or cyclic N) is 1. The lowest BCUT2D eigenvalue weighted by Gasteiger charge is -2.33. The van der Waals surface area contributed by atoms with Gasteiger partial charge in [0, 0.05) is 26.2 Å². The first-order chi connectivity index (χ1) is 6.12. The average molecular weight is 208 g/mol. The molecule has 1 aliphatic heterocycles. The van der Waals surface area contributed by atoms with E-state index in [1.165, 1.54) is 8.61 Å². The number of hydrogen-bond acceptors (Lipinski definition) is 3. The summed E-state index contributed by atoms with van der Waals surface area (Å²) < 4.78 is 26.1. The Morgan fingerprint density at radius 1 is 1.31 bits per heavy atom. The van der Waals surface area contributed by atoms with Gasteiger partial charge in [-0.25, -0.2) is 0 Å². The smallest absolute Gasteiger partial charge is 0.282 e. The SMILES string of the molecule is CCN1CCCN(CCO)S1(=O)=O. The minimum atomic E-state index is -3.27.